The molecule has 1 saturated heterocycles. The molecule has 1 fully saturated rings. The molecule has 2 aliphatic rings. The first-order valence-corrected chi connectivity index (χ1v) is 9.66. The van der Waals surface area contributed by atoms with E-state index in [1.807, 2.05) is 0 Å². The average molecular weight is 369 g/mol. The van der Waals surface area contributed by atoms with Crippen molar-refractivity contribution in [3.05, 3.63) is 29.1 Å². The minimum absolute atomic E-state index is 0.0205. The Hall–Kier alpha value is -2.04. The van der Waals surface area contributed by atoms with Crippen LogP contribution in [0.25, 0.3) is 0 Å². The van der Waals surface area contributed by atoms with Crippen LogP contribution in [0.15, 0.2) is 12.4 Å². The van der Waals surface area contributed by atoms with Crippen molar-refractivity contribution in [1.29, 1.82) is 0 Å². The van der Waals surface area contributed by atoms with Gasteiger partial charge >= 0.3 is 5.97 Å². The number of rotatable bonds is 3. The summed E-state index contributed by atoms with van der Waals surface area (Å²) >= 11 is 0. The molecule has 1 atom stereocenters. The molecule has 1 amide bonds. The van der Waals surface area contributed by atoms with E-state index in [2.05, 4.69) is 4.98 Å². The van der Waals surface area contributed by atoms with Crippen LogP contribution in [0.2, 0.25) is 0 Å². The summed E-state index contributed by atoms with van der Waals surface area (Å²) in [5.41, 5.74) is 1.88. The zero-order valence-corrected chi connectivity index (χ0v) is 14.5. The molecule has 1 unspecified atom stereocenters. The highest BCUT2D eigenvalue weighted by Gasteiger charge is 2.32. The Labute approximate surface area is 145 Å². The van der Waals surface area contributed by atoms with E-state index in [1.54, 1.807) is 6.20 Å². The van der Waals surface area contributed by atoms with E-state index < -0.39 is 22.1 Å². The summed E-state index contributed by atoms with van der Waals surface area (Å²) in [6, 6.07) is 0. The number of carbonyl (C=O) groups is 2. The lowest BCUT2D eigenvalue weighted by Crippen LogP contribution is -2.49. The average Bonchev–Trinajstić information content (AvgIpc) is 2.59. The van der Waals surface area contributed by atoms with Gasteiger partial charge in [-0.3, -0.25) is 9.78 Å². The molecule has 3 heterocycles. The first-order valence-electron chi connectivity index (χ1n) is 7.82. The van der Waals surface area contributed by atoms with E-state index in [1.165, 1.54) is 15.4 Å². The fourth-order valence-corrected chi connectivity index (χ4v) is 3.89. The standard InChI is InChI=1S/C15H19N3O6S/c1-25(22,23)18-3-2-11-10(8-18)6-16-7-12(11)14(19)17-4-5-24-13(9-17)15(20)21/h6-7,13H,2-5,8-9H2,1H3,(H,20,21). The monoisotopic (exact) mass is 369 g/mol. The number of carboxylic acids is 1. The van der Waals surface area contributed by atoms with Gasteiger partial charge < -0.3 is 14.7 Å². The molecule has 2 aliphatic heterocycles. The van der Waals surface area contributed by atoms with Crippen molar-refractivity contribution in [1.82, 2.24) is 14.2 Å². The van der Waals surface area contributed by atoms with Crippen LogP contribution in [-0.4, -0.2) is 78.2 Å². The van der Waals surface area contributed by atoms with Gasteiger partial charge in [-0.25, -0.2) is 13.2 Å². The molecule has 0 saturated carbocycles. The van der Waals surface area contributed by atoms with Crippen LogP contribution in [-0.2, 0) is 32.5 Å². The maximum absolute atomic E-state index is 12.8. The lowest BCUT2D eigenvalue weighted by Gasteiger charge is -2.32. The van der Waals surface area contributed by atoms with Crippen molar-refractivity contribution in [3.63, 3.8) is 0 Å². The zero-order valence-electron chi connectivity index (χ0n) is 13.7. The highest BCUT2D eigenvalue weighted by Crippen LogP contribution is 2.24. The molecule has 0 aromatic carbocycles. The molecule has 25 heavy (non-hydrogen) atoms. The van der Waals surface area contributed by atoms with Crippen LogP contribution in [0.4, 0.5) is 0 Å². The lowest BCUT2D eigenvalue weighted by atomic mass is 9.97. The Kier molecular flexibility index (Phi) is 4.76. The van der Waals surface area contributed by atoms with Crippen LogP contribution in [0.5, 0.6) is 0 Å². The largest absolute Gasteiger partial charge is 0.479 e. The van der Waals surface area contributed by atoms with Crippen molar-refractivity contribution < 1.29 is 27.9 Å². The maximum atomic E-state index is 12.8. The van der Waals surface area contributed by atoms with Crippen LogP contribution >= 0.6 is 0 Å². The number of pyridine rings is 1. The summed E-state index contributed by atoms with van der Waals surface area (Å²) in [7, 11) is -3.31. The van der Waals surface area contributed by atoms with Gasteiger partial charge in [0.1, 0.15) is 0 Å². The van der Waals surface area contributed by atoms with Gasteiger partial charge in [0.2, 0.25) is 10.0 Å². The fraction of sp³-hybridized carbons (Fsp3) is 0.533. The summed E-state index contributed by atoms with van der Waals surface area (Å²) < 4.78 is 29.9. The Balaban J connectivity index is 1.84. The van der Waals surface area contributed by atoms with Gasteiger partial charge in [0.25, 0.3) is 5.91 Å². The smallest absolute Gasteiger partial charge is 0.334 e. The molecular weight excluding hydrogens is 350 g/mol. The number of morpholine rings is 1. The highest BCUT2D eigenvalue weighted by atomic mass is 32.2. The first kappa shape index (κ1) is 17.8. The minimum Gasteiger partial charge on any atom is -0.479 e. The third-order valence-electron chi connectivity index (χ3n) is 4.43. The number of nitrogens with zero attached hydrogens (tertiary/aromatic N) is 3. The van der Waals surface area contributed by atoms with Gasteiger partial charge in [0, 0.05) is 32.0 Å². The number of hydrogen-bond acceptors (Lipinski definition) is 6. The van der Waals surface area contributed by atoms with Gasteiger partial charge in [-0.1, -0.05) is 0 Å². The minimum atomic E-state index is -3.31. The molecule has 0 spiro atoms. The third-order valence-corrected chi connectivity index (χ3v) is 5.68. The lowest BCUT2D eigenvalue weighted by molar-refractivity contribution is -0.154. The van der Waals surface area contributed by atoms with Crippen LogP contribution in [0, 0.1) is 0 Å². The molecule has 3 rings (SSSR count). The van der Waals surface area contributed by atoms with Crippen LogP contribution < -0.4 is 0 Å². The Morgan fingerprint density at radius 1 is 1.32 bits per heavy atom. The molecule has 0 aliphatic carbocycles. The predicted octanol–water partition coefficient (Wildman–Crippen LogP) is -0.675. The van der Waals surface area contributed by atoms with E-state index >= 15 is 0 Å². The van der Waals surface area contributed by atoms with E-state index in [4.69, 9.17) is 9.84 Å². The quantitative estimate of drug-likeness (QED) is 0.750. The number of aliphatic carboxylic acids is 1. The summed E-state index contributed by atoms with van der Waals surface area (Å²) in [6.07, 6.45) is 3.57. The van der Waals surface area contributed by atoms with Gasteiger partial charge in [-0.15, -0.1) is 0 Å². The third kappa shape index (κ3) is 3.65. The topological polar surface area (TPSA) is 117 Å². The summed E-state index contributed by atoms with van der Waals surface area (Å²) in [5.74, 6) is -1.40. The predicted molar refractivity (Wildman–Crippen MR) is 86.5 cm³/mol. The summed E-state index contributed by atoms with van der Waals surface area (Å²) in [6.45, 7) is 0.933. The SMILES string of the molecule is CS(=O)(=O)N1CCc2c(cncc2C(=O)N2CCOC(C(=O)O)C2)C1. The second-order valence-corrected chi connectivity index (χ2v) is 8.10. The van der Waals surface area contributed by atoms with Gasteiger partial charge in [-0.05, 0) is 17.5 Å². The van der Waals surface area contributed by atoms with E-state index in [-0.39, 0.29) is 25.6 Å². The number of ether oxygens (including phenoxy) is 1. The van der Waals surface area contributed by atoms with Gasteiger partial charge in [-0.2, -0.15) is 4.31 Å². The second kappa shape index (κ2) is 6.70. The normalized spacial score (nSPS) is 21.6. The first-order chi connectivity index (χ1) is 11.8. The zero-order chi connectivity index (χ0) is 18.2. The molecule has 136 valence electrons. The number of sulfonamides is 1. The van der Waals surface area contributed by atoms with Gasteiger partial charge in [0.05, 0.1) is 25.0 Å². The second-order valence-electron chi connectivity index (χ2n) is 6.12. The van der Waals surface area contributed by atoms with Crippen molar-refractivity contribution in [2.45, 2.75) is 19.1 Å². The number of carbonyl (C=O) groups excluding carboxylic acids is 1. The Bertz CT molecular complexity index is 809. The Morgan fingerprint density at radius 3 is 2.76 bits per heavy atom. The molecule has 10 heteroatoms. The molecule has 1 aromatic heterocycles. The fourth-order valence-electron chi connectivity index (χ4n) is 3.09. The Morgan fingerprint density at radius 2 is 2.08 bits per heavy atom. The molecule has 9 nitrogen and oxygen atoms in total. The molecular formula is C15H19N3O6S. The summed E-state index contributed by atoms with van der Waals surface area (Å²) in [4.78, 5) is 29.4. The van der Waals surface area contributed by atoms with Crippen molar-refractivity contribution in [2.75, 3.05) is 32.5 Å². The number of aromatic nitrogens is 1. The van der Waals surface area contributed by atoms with Crippen LogP contribution in [0.3, 0.4) is 0 Å². The highest BCUT2D eigenvalue weighted by molar-refractivity contribution is 7.88. The van der Waals surface area contributed by atoms with Crippen molar-refractivity contribution in [3.8, 4) is 0 Å². The number of carboxylic acid groups (broad SMARTS) is 1. The van der Waals surface area contributed by atoms with Gasteiger partial charge in [0.15, 0.2) is 6.10 Å². The molecule has 0 bridgehead atoms. The number of fused-ring (bicyclic) bond motifs is 1. The maximum Gasteiger partial charge on any atom is 0.334 e. The van der Waals surface area contributed by atoms with E-state index in [0.717, 1.165) is 11.8 Å². The van der Waals surface area contributed by atoms with Crippen LogP contribution in [0.1, 0.15) is 21.5 Å². The van der Waals surface area contributed by atoms with E-state index in [0.29, 0.717) is 30.6 Å². The van der Waals surface area contributed by atoms with E-state index in [9.17, 15) is 18.0 Å². The molecule has 1 aromatic rings. The number of hydrogen-bond donors (Lipinski definition) is 1. The summed E-state index contributed by atoms with van der Waals surface area (Å²) in [5, 5.41) is 9.07. The number of amides is 1. The van der Waals surface area contributed by atoms with Crippen molar-refractivity contribution >= 4 is 21.9 Å². The molecule has 1 N–H and O–H groups in total. The molecule has 0 radical (unpaired) electrons. The van der Waals surface area contributed by atoms with Crippen molar-refractivity contribution in [2.24, 2.45) is 0 Å².